The van der Waals surface area contributed by atoms with Crippen LogP contribution < -0.4 is 5.73 Å². The average Bonchev–Trinajstić information content (AvgIpc) is 2.96. The Kier molecular flexibility index (Phi) is 3.01. The fraction of sp³-hybridized carbons (Fsp3) is 0.133. The van der Waals surface area contributed by atoms with Gasteiger partial charge in [0.1, 0.15) is 23.1 Å². The molecule has 0 fully saturated rings. The van der Waals surface area contributed by atoms with Crippen molar-refractivity contribution in [2.24, 2.45) is 7.05 Å². The van der Waals surface area contributed by atoms with Gasteiger partial charge in [0, 0.05) is 18.7 Å². The normalized spacial score (nSPS) is 11.0. The van der Waals surface area contributed by atoms with Gasteiger partial charge in [-0.1, -0.05) is 0 Å². The van der Waals surface area contributed by atoms with Crippen LogP contribution in [0.1, 0.15) is 5.56 Å². The van der Waals surface area contributed by atoms with Crippen LogP contribution in [0.15, 0.2) is 34.9 Å². The zero-order valence-corrected chi connectivity index (χ0v) is 11.5. The summed E-state index contributed by atoms with van der Waals surface area (Å²) < 4.78 is 34.0. The minimum absolute atomic E-state index is 0.188. The lowest BCUT2D eigenvalue weighted by Gasteiger charge is -2.05. The summed E-state index contributed by atoms with van der Waals surface area (Å²) in [7, 11) is 1.65. The number of benzene rings is 1. The van der Waals surface area contributed by atoms with E-state index >= 15 is 0 Å². The number of nitrogens with zero attached hydrogens (tertiary/aromatic N) is 2. The molecule has 2 aromatic heterocycles. The maximum Gasteiger partial charge on any atom is 0.157 e. The quantitative estimate of drug-likeness (QED) is 0.785. The minimum atomic E-state index is -0.694. The van der Waals surface area contributed by atoms with Gasteiger partial charge in [0.05, 0.1) is 11.8 Å². The summed E-state index contributed by atoms with van der Waals surface area (Å²) >= 11 is 0. The lowest BCUT2D eigenvalue weighted by atomic mass is 10.0. The van der Waals surface area contributed by atoms with E-state index in [0.29, 0.717) is 17.0 Å². The third-order valence-corrected chi connectivity index (χ3v) is 3.37. The summed E-state index contributed by atoms with van der Waals surface area (Å²) in [5, 5.41) is 4.29. The van der Waals surface area contributed by atoms with Gasteiger partial charge in [0.25, 0.3) is 0 Å². The fourth-order valence-electron chi connectivity index (χ4n) is 2.27. The third-order valence-electron chi connectivity index (χ3n) is 3.37. The van der Waals surface area contributed by atoms with Gasteiger partial charge in [0.15, 0.2) is 5.76 Å². The highest BCUT2D eigenvalue weighted by molar-refractivity contribution is 5.87. The van der Waals surface area contributed by atoms with E-state index in [4.69, 9.17) is 10.2 Å². The molecule has 0 aliphatic heterocycles. The molecule has 3 rings (SSSR count). The number of nitrogens with two attached hydrogens (primary N) is 1. The van der Waals surface area contributed by atoms with Crippen LogP contribution in [0.5, 0.6) is 0 Å². The van der Waals surface area contributed by atoms with Crippen molar-refractivity contribution < 1.29 is 13.2 Å². The van der Waals surface area contributed by atoms with E-state index in [-0.39, 0.29) is 11.4 Å². The van der Waals surface area contributed by atoms with Crippen molar-refractivity contribution in [3.05, 3.63) is 47.7 Å². The Balaban J connectivity index is 2.30. The van der Waals surface area contributed by atoms with Gasteiger partial charge < -0.3 is 10.2 Å². The molecule has 0 atom stereocenters. The van der Waals surface area contributed by atoms with Crippen LogP contribution in [0, 0.1) is 18.6 Å². The molecular weight excluding hydrogens is 276 g/mol. The molecule has 21 heavy (non-hydrogen) atoms. The third kappa shape index (κ3) is 2.08. The van der Waals surface area contributed by atoms with Gasteiger partial charge in [-0.15, -0.1) is 0 Å². The first-order valence-corrected chi connectivity index (χ1v) is 6.31. The van der Waals surface area contributed by atoms with Crippen molar-refractivity contribution in [3.8, 4) is 22.6 Å². The smallest absolute Gasteiger partial charge is 0.157 e. The lowest BCUT2D eigenvalue weighted by molar-refractivity contribution is 0.576. The molecule has 3 aromatic rings. The van der Waals surface area contributed by atoms with E-state index < -0.39 is 11.6 Å². The summed E-state index contributed by atoms with van der Waals surface area (Å²) in [4.78, 5) is 0. The molecule has 0 amide bonds. The van der Waals surface area contributed by atoms with E-state index in [1.165, 1.54) is 23.1 Å². The number of hydrogen-bond donors (Lipinski definition) is 1. The molecule has 0 aliphatic rings. The molecule has 0 radical (unpaired) electrons. The molecule has 2 heterocycles. The number of aryl methyl sites for hydroxylation is 2. The Morgan fingerprint density at radius 1 is 1.24 bits per heavy atom. The maximum absolute atomic E-state index is 14.1. The monoisotopic (exact) mass is 289 g/mol. The van der Waals surface area contributed by atoms with Crippen LogP contribution in [-0.2, 0) is 7.05 Å². The molecule has 108 valence electrons. The zero-order chi connectivity index (χ0) is 15.1. The molecule has 0 aliphatic carbocycles. The Hall–Kier alpha value is -2.63. The predicted octanol–water partition coefficient (Wildman–Crippen LogP) is 3.52. The van der Waals surface area contributed by atoms with E-state index in [0.717, 1.165) is 11.6 Å². The molecule has 2 N–H and O–H groups in total. The highest BCUT2D eigenvalue weighted by Gasteiger charge is 2.23. The Labute approximate surface area is 119 Å². The largest absolute Gasteiger partial charge is 0.462 e. The van der Waals surface area contributed by atoms with Crippen molar-refractivity contribution in [2.75, 3.05) is 5.73 Å². The van der Waals surface area contributed by atoms with Crippen molar-refractivity contribution in [2.45, 2.75) is 6.92 Å². The van der Waals surface area contributed by atoms with Gasteiger partial charge in [-0.05, 0) is 30.7 Å². The minimum Gasteiger partial charge on any atom is -0.462 e. The van der Waals surface area contributed by atoms with E-state index in [9.17, 15) is 8.78 Å². The Bertz CT molecular complexity index is 820. The zero-order valence-electron chi connectivity index (χ0n) is 11.5. The molecule has 4 nitrogen and oxygen atoms in total. The lowest BCUT2D eigenvalue weighted by Crippen LogP contribution is -1.98. The van der Waals surface area contributed by atoms with Crippen LogP contribution in [0.4, 0.5) is 14.6 Å². The van der Waals surface area contributed by atoms with Crippen LogP contribution in [0.2, 0.25) is 0 Å². The van der Waals surface area contributed by atoms with Gasteiger partial charge in [-0.2, -0.15) is 5.10 Å². The van der Waals surface area contributed by atoms with Crippen molar-refractivity contribution >= 4 is 5.82 Å². The van der Waals surface area contributed by atoms with E-state index in [1.807, 2.05) is 6.92 Å². The first kappa shape index (κ1) is 13.4. The van der Waals surface area contributed by atoms with E-state index in [2.05, 4.69) is 5.10 Å². The SMILES string of the molecule is Cc1ccoc1-c1nn(C)c(N)c1-c1ccc(F)cc1F. The van der Waals surface area contributed by atoms with Crippen LogP contribution in [0.3, 0.4) is 0 Å². The van der Waals surface area contributed by atoms with E-state index in [1.54, 1.807) is 13.1 Å². The van der Waals surface area contributed by atoms with Crippen LogP contribution >= 0.6 is 0 Å². The molecule has 1 aromatic carbocycles. The van der Waals surface area contributed by atoms with Crippen LogP contribution in [0.25, 0.3) is 22.6 Å². The molecule has 0 saturated heterocycles. The average molecular weight is 289 g/mol. The van der Waals surface area contributed by atoms with Gasteiger partial charge >= 0.3 is 0 Å². The number of rotatable bonds is 2. The number of halogens is 2. The standard InChI is InChI=1S/C15H13F2N3O/c1-8-5-6-21-14(8)13-12(15(18)20(2)19-13)10-4-3-9(16)7-11(10)17/h3-7H,18H2,1-2H3. The first-order chi connectivity index (χ1) is 9.99. The summed E-state index contributed by atoms with van der Waals surface area (Å²) in [5.74, 6) is -0.540. The van der Waals surface area contributed by atoms with Crippen molar-refractivity contribution in [3.63, 3.8) is 0 Å². The topological polar surface area (TPSA) is 57.0 Å². The number of aromatic nitrogens is 2. The van der Waals surface area contributed by atoms with Gasteiger partial charge in [-0.3, -0.25) is 4.68 Å². The molecule has 0 bridgehead atoms. The Morgan fingerprint density at radius 2 is 2.00 bits per heavy atom. The summed E-state index contributed by atoms with van der Waals surface area (Å²) in [6, 6.07) is 5.13. The number of nitrogen functional groups attached to an aromatic ring is 1. The van der Waals surface area contributed by atoms with Crippen molar-refractivity contribution in [1.29, 1.82) is 0 Å². The maximum atomic E-state index is 14.1. The van der Waals surface area contributed by atoms with Crippen LogP contribution in [-0.4, -0.2) is 9.78 Å². The fourth-order valence-corrected chi connectivity index (χ4v) is 2.27. The predicted molar refractivity (Wildman–Crippen MR) is 75.4 cm³/mol. The first-order valence-electron chi connectivity index (χ1n) is 6.31. The highest BCUT2D eigenvalue weighted by atomic mass is 19.1. The number of hydrogen-bond acceptors (Lipinski definition) is 3. The second kappa shape index (κ2) is 4.73. The van der Waals surface area contributed by atoms with Gasteiger partial charge in [-0.25, -0.2) is 8.78 Å². The molecule has 6 heteroatoms. The summed E-state index contributed by atoms with van der Waals surface area (Å²) in [6.45, 7) is 1.86. The second-order valence-corrected chi connectivity index (χ2v) is 4.79. The second-order valence-electron chi connectivity index (χ2n) is 4.79. The van der Waals surface area contributed by atoms with Gasteiger partial charge in [0.2, 0.25) is 0 Å². The molecule has 0 spiro atoms. The molecule has 0 unspecified atom stereocenters. The number of furan rings is 1. The molecular formula is C15H13F2N3O. The summed E-state index contributed by atoms with van der Waals surface area (Å²) in [5.41, 5.74) is 7.87. The number of anilines is 1. The van der Waals surface area contributed by atoms with Crippen molar-refractivity contribution in [1.82, 2.24) is 9.78 Å². The molecule has 0 saturated carbocycles. The highest BCUT2D eigenvalue weighted by Crippen LogP contribution is 2.38. The Morgan fingerprint density at radius 3 is 2.62 bits per heavy atom. The summed E-state index contributed by atoms with van der Waals surface area (Å²) in [6.07, 6.45) is 1.53.